The number of hydrogen-bond acceptors (Lipinski definition) is 7. The monoisotopic (exact) mass is 381 g/mol. The van der Waals surface area contributed by atoms with Gasteiger partial charge >= 0.3 is 0 Å². The van der Waals surface area contributed by atoms with Crippen LogP contribution in [0.4, 0.5) is 0 Å². The molecule has 0 N–H and O–H groups in total. The summed E-state index contributed by atoms with van der Waals surface area (Å²) in [6, 6.07) is 0. The molecule has 0 atom stereocenters. The third-order valence-corrected chi connectivity index (χ3v) is 7.10. The second kappa shape index (κ2) is 7.35. The summed E-state index contributed by atoms with van der Waals surface area (Å²) in [5.74, 6) is 0.171. The van der Waals surface area contributed by atoms with Crippen LogP contribution in [0.25, 0.3) is 0 Å². The van der Waals surface area contributed by atoms with Crippen LogP contribution in [0.15, 0.2) is 23.1 Å². The maximum Gasteiger partial charge on any atom is 0.188 e. The first-order valence-corrected chi connectivity index (χ1v) is 10.9. The van der Waals surface area contributed by atoms with E-state index in [-0.39, 0.29) is 5.92 Å². The van der Waals surface area contributed by atoms with Gasteiger partial charge in [-0.15, -0.1) is 11.7 Å². The largest absolute Gasteiger partial charge is 0.299 e. The maximum absolute atomic E-state index is 11.9. The van der Waals surface area contributed by atoms with E-state index in [9.17, 15) is 8.42 Å². The second-order valence-electron chi connectivity index (χ2n) is 6.52. The van der Waals surface area contributed by atoms with Crippen molar-refractivity contribution in [2.45, 2.75) is 43.0 Å². The molecule has 1 fully saturated rings. The number of piperidine rings is 1. The molecule has 3 rings (SSSR count). The van der Waals surface area contributed by atoms with E-state index < -0.39 is 9.84 Å². The van der Waals surface area contributed by atoms with E-state index in [0.29, 0.717) is 16.4 Å². The number of likely N-dealkylation sites (tertiary alicyclic amines) is 1. The molecule has 136 valence electrons. The summed E-state index contributed by atoms with van der Waals surface area (Å²) in [6.45, 7) is 9.18. The number of aromatic nitrogens is 4. The maximum atomic E-state index is 11.9. The zero-order chi connectivity index (χ0) is 18.0. The Morgan fingerprint density at radius 3 is 2.76 bits per heavy atom. The Labute approximate surface area is 152 Å². The fraction of sp³-hybridized carbons (Fsp3) is 0.562. The lowest BCUT2D eigenvalue weighted by Gasteiger charge is -2.31. The topological polar surface area (TPSA) is 81.0 Å². The van der Waals surface area contributed by atoms with Crippen LogP contribution < -0.4 is 0 Å². The van der Waals surface area contributed by atoms with Gasteiger partial charge in [0.25, 0.3) is 0 Å². The zero-order valence-electron chi connectivity index (χ0n) is 14.6. The van der Waals surface area contributed by atoms with Crippen molar-refractivity contribution in [1.29, 1.82) is 0 Å². The molecule has 1 aliphatic heterocycles. The summed E-state index contributed by atoms with van der Waals surface area (Å²) in [5, 5.41) is 8.60. The van der Waals surface area contributed by atoms with Gasteiger partial charge in [-0.3, -0.25) is 9.58 Å². The molecule has 9 heteroatoms. The summed E-state index contributed by atoms with van der Waals surface area (Å²) < 4.78 is 29.8. The van der Waals surface area contributed by atoms with Gasteiger partial charge in [-0.25, -0.2) is 8.42 Å². The van der Waals surface area contributed by atoms with Crippen LogP contribution in [-0.4, -0.2) is 52.0 Å². The normalized spacial score (nSPS) is 17.0. The van der Waals surface area contributed by atoms with Crippen molar-refractivity contribution in [2.24, 2.45) is 0 Å². The van der Waals surface area contributed by atoms with Gasteiger partial charge in [-0.05, 0) is 32.9 Å². The fourth-order valence-electron chi connectivity index (χ4n) is 3.24. The molecule has 2 aromatic heterocycles. The Kier molecular flexibility index (Phi) is 5.35. The van der Waals surface area contributed by atoms with Crippen molar-refractivity contribution in [3.63, 3.8) is 0 Å². The van der Waals surface area contributed by atoms with E-state index in [4.69, 9.17) is 0 Å². The number of rotatable bonds is 6. The van der Waals surface area contributed by atoms with Crippen LogP contribution in [0.2, 0.25) is 0 Å². The number of allylic oxidation sites excluding steroid dienone is 1. The molecular weight excluding hydrogens is 358 g/mol. The summed E-state index contributed by atoms with van der Waals surface area (Å²) in [7, 11) is -3.25. The molecule has 0 aliphatic carbocycles. The first-order valence-electron chi connectivity index (χ1n) is 8.27. The molecule has 1 saturated heterocycles. The number of sulfone groups is 1. The van der Waals surface area contributed by atoms with Gasteiger partial charge in [0.1, 0.15) is 0 Å². The van der Waals surface area contributed by atoms with Crippen LogP contribution in [0.5, 0.6) is 0 Å². The molecule has 0 amide bonds. The van der Waals surface area contributed by atoms with Crippen molar-refractivity contribution >= 4 is 21.4 Å². The van der Waals surface area contributed by atoms with Crippen LogP contribution in [-0.2, 0) is 22.9 Å². The van der Waals surface area contributed by atoms with Crippen LogP contribution in [0.1, 0.15) is 35.7 Å². The first kappa shape index (κ1) is 18.2. The molecular formula is C16H23N5O2S2. The molecule has 2 aromatic rings. The lowest BCUT2D eigenvalue weighted by Crippen LogP contribution is -2.33. The average molecular weight is 382 g/mol. The van der Waals surface area contributed by atoms with E-state index in [2.05, 4.69) is 32.4 Å². The highest BCUT2D eigenvalue weighted by Gasteiger charge is 2.29. The van der Waals surface area contributed by atoms with E-state index in [1.165, 1.54) is 11.8 Å². The lowest BCUT2D eigenvalue weighted by atomic mass is 9.94. The van der Waals surface area contributed by atoms with E-state index in [1.807, 2.05) is 17.7 Å². The summed E-state index contributed by atoms with van der Waals surface area (Å²) in [4.78, 5) is 2.39. The van der Waals surface area contributed by atoms with E-state index >= 15 is 0 Å². The third-order valence-electron chi connectivity index (χ3n) is 4.55. The Morgan fingerprint density at radius 1 is 1.40 bits per heavy atom. The molecule has 7 nitrogen and oxygen atoms in total. The molecule has 3 heterocycles. The molecule has 0 aromatic carbocycles. The molecule has 0 unspecified atom stereocenters. The molecule has 25 heavy (non-hydrogen) atoms. The van der Waals surface area contributed by atoms with Crippen LogP contribution >= 0.6 is 11.5 Å². The van der Waals surface area contributed by atoms with Crippen molar-refractivity contribution in [2.75, 3.05) is 19.3 Å². The average Bonchev–Trinajstić information content (AvgIpc) is 3.16. The fourth-order valence-corrected chi connectivity index (χ4v) is 4.97. The van der Waals surface area contributed by atoms with Crippen molar-refractivity contribution in [3.05, 3.63) is 35.8 Å². The summed E-state index contributed by atoms with van der Waals surface area (Å²) in [5.41, 5.74) is 2.93. The Hall–Kier alpha value is -1.58. The quantitative estimate of drug-likeness (QED) is 0.712. The Bertz CT molecular complexity index is 848. The van der Waals surface area contributed by atoms with Crippen molar-refractivity contribution in [3.8, 4) is 0 Å². The number of hydrogen-bond donors (Lipinski definition) is 0. The van der Waals surface area contributed by atoms with Gasteiger partial charge in [0.2, 0.25) is 0 Å². The van der Waals surface area contributed by atoms with Gasteiger partial charge in [0, 0.05) is 42.0 Å². The smallest absolute Gasteiger partial charge is 0.188 e. The first-order chi connectivity index (χ1) is 11.9. The number of nitrogens with zero attached hydrogens (tertiary/aromatic N) is 5. The Balaban J connectivity index is 1.63. The molecule has 0 bridgehead atoms. The summed E-state index contributed by atoms with van der Waals surface area (Å²) in [6.07, 6.45) is 6.93. The van der Waals surface area contributed by atoms with Gasteiger partial charge in [0.15, 0.2) is 14.0 Å². The zero-order valence-corrected chi connectivity index (χ0v) is 16.2. The minimum absolute atomic E-state index is 0.171. The van der Waals surface area contributed by atoms with Gasteiger partial charge in [-0.2, -0.15) is 5.10 Å². The second-order valence-corrected chi connectivity index (χ2v) is 9.48. The SMILES string of the molecule is C=CCn1cc(CN2CCC(c3nnsc3S(C)(=O)=O)CC2)c(C)n1. The Morgan fingerprint density at radius 2 is 2.12 bits per heavy atom. The molecule has 1 aliphatic rings. The van der Waals surface area contributed by atoms with Gasteiger partial charge in [-0.1, -0.05) is 10.6 Å². The number of aryl methyl sites for hydroxylation is 1. The minimum Gasteiger partial charge on any atom is -0.299 e. The van der Waals surface area contributed by atoms with E-state index in [0.717, 1.165) is 49.7 Å². The summed E-state index contributed by atoms with van der Waals surface area (Å²) >= 11 is 0.981. The highest BCUT2D eigenvalue weighted by atomic mass is 32.2. The predicted octanol–water partition coefficient (Wildman–Crippen LogP) is 2.01. The lowest BCUT2D eigenvalue weighted by molar-refractivity contribution is 0.202. The van der Waals surface area contributed by atoms with E-state index in [1.54, 1.807) is 0 Å². The van der Waals surface area contributed by atoms with Crippen LogP contribution in [0.3, 0.4) is 0 Å². The molecule has 0 saturated carbocycles. The van der Waals surface area contributed by atoms with Gasteiger partial charge < -0.3 is 0 Å². The highest BCUT2D eigenvalue weighted by Crippen LogP contribution is 2.33. The van der Waals surface area contributed by atoms with Crippen LogP contribution in [0, 0.1) is 6.92 Å². The predicted molar refractivity (Wildman–Crippen MR) is 97.4 cm³/mol. The minimum atomic E-state index is -3.25. The van der Waals surface area contributed by atoms with Crippen molar-refractivity contribution < 1.29 is 8.42 Å². The van der Waals surface area contributed by atoms with Crippen molar-refractivity contribution in [1.82, 2.24) is 24.3 Å². The molecule has 0 spiro atoms. The van der Waals surface area contributed by atoms with Gasteiger partial charge in [0.05, 0.1) is 17.9 Å². The third kappa shape index (κ3) is 4.16. The molecule has 0 radical (unpaired) electrons. The standard InChI is InChI=1S/C16H23N5O2S2/c1-4-7-21-11-14(12(2)18-21)10-20-8-5-13(6-9-20)15-16(24-19-17-15)25(3,22)23/h4,11,13H,1,5-10H2,2-3H3. The highest BCUT2D eigenvalue weighted by molar-refractivity contribution is 7.92.